The molecule has 1 unspecified atom stereocenters. The fourth-order valence-corrected chi connectivity index (χ4v) is 4.93. The number of thioether (sulfide) groups is 1. The highest BCUT2D eigenvalue weighted by molar-refractivity contribution is 9.10. The van der Waals surface area contributed by atoms with Crippen LogP contribution >= 0.6 is 27.7 Å². The Bertz CT molecular complexity index is 1210. The summed E-state index contributed by atoms with van der Waals surface area (Å²) in [6.45, 7) is 0. The molecular weight excluding hydrogens is 486 g/mol. The van der Waals surface area contributed by atoms with Crippen molar-refractivity contribution >= 4 is 50.9 Å². The molecule has 3 aromatic rings. The van der Waals surface area contributed by atoms with Crippen molar-refractivity contribution in [2.45, 2.75) is 11.7 Å². The molecule has 0 aromatic heterocycles. The number of nitriles is 1. The summed E-state index contributed by atoms with van der Waals surface area (Å²) >= 11 is 4.62. The topological polar surface area (TPSA) is 73.2 Å². The Morgan fingerprint density at radius 1 is 1.00 bits per heavy atom. The zero-order valence-corrected chi connectivity index (χ0v) is 19.3. The number of nitrogens with one attached hydrogen (secondary N) is 1. The lowest BCUT2D eigenvalue weighted by Crippen LogP contribution is -2.30. The fraction of sp³-hybridized carbons (Fsp3) is 0.0800. The molecule has 0 spiro atoms. The van der Waals surface area contributed by atoms with Crippen LogP contribution < -0.4 is 10.2 Å². The summed E-state index contributed by atoms with van der Waals surface area (Å²) < 4.78 is 0.880. The lowest BCUT2D eigenvalue weighted by Gasteiger charge is -2.18. The molecule has 2 amide bonds. The van der Waals surface area contributed by atoms with Gasteiger partial charge in [-0.25, -0.2) is 0 Å². The van der Waals surface area contributed by atoms with Crippen LogP contribution in [0.3, 0.4) is 0 Å². The molecule has 4 rings (SSSR count). The van der Waals surface area contributed by atoms with Crippen LogP contribution in [0.2, 0.25) is 0 Å². The van der Waals surface area contributed by atoms with E-state index in [2.05, 4.69) is 21.2 Å². The summed E-state index contributed by atoms with van der Waals surface area (Å²) in [5.74, 6) is -0.698. The molecule has 0 aliphatic carbocycles. The minimum Gasteiger partial charge on any atom is -0.321 e. The van der Waals surface area contributed by atoms with Gasteiger partial charge in [-0.1, -0.05) is 76.2 Å². The van der Waals surface area contributed by atoms with E-state index < -0.39 is 11.2 Å². The number of halogens is 1. The van der Waals surface area contributed by atoms with Crippen LogP contribution in [0, 0.1) is 11.3 Å². The van der Waals surface area contributed by atoms with Crippen molar-refractivity contribution in [3.8, 4) is 6.07 Å². The van der Waals surface area contributed by atoms with Gasteiger partial charge >= 0.3 is 0 Å². The molecule has 32 heavy (non-hydrogen) atoms. The van der Waals surface area contributed by atoms with E-state index in [4.69, 9.17) is 0 Å². The van der Waals surface area contributed by atoms with Crippen molar-refractivity contribution in [1.29, 1.82) is 5.26 Å². The predicted molar refractivity (Wildman–Crippen MR) is 131 cm³/mol. The van der Waals surface area contributed by atoms with Gasteiger partial charge in [0.2, 0.25) is 5.91 Å². The van der Waals surface area contributed by atoms with Crippen molar-refractivity contribution in [3.05, 3.63) is 106 Å². The second-order valence-corrected chi connectivity index (χ2v) is 9.17. The van der Waals surface area contributed by atoms with E-state index >= 15 is 0 Å². The minimum absolute atomic E-state index is 0.0920. The third-order valence-corrected chi connectivity index (χ3v) is 6.68. The third kappa shape index (κ3) is 4.77. The van der Waals surface area contributed by atoms with Crippen molar-refractivity contribution in [2.24, 2.45) is 0 Å². The fourth-order valence-electron chi connectivity index (χ4n) is 3.35. The van der Waals surface area contributed by atoms with Crippen LogP contribution in [0.15, 0.2) is 100 Å². The molecule has 0 bridgehead atoms. The first kappa shape index (κ1) is 21.9. The summed E-state index contributed by atoms with van der Waals surface area (Å²) in [6, 6.07) is 27.9. The number of para-hydroxylation sites is 1. The molecule has 1 N–H and O–H groups in total. The largest absolute Gasteiger partial charge is 0.321 e. The monoisotopic (exact) mass is 503 g/mol. The summed E-state index contributed by atoms with van der Waals surface area (Å²) in [7, 11) is 0. The van der Waals surface area contributed by atoms with E-state index in [0.717, 1.165) is 10.0 Å². The molecule has 7 heteroatoms. The van der Waals surface area contributed by atoms with Gasteiger partial charge in [0.25, 0.3) is 5.91 Å². The Morgan fingerprint density at radius 3 is 2.25 bits per heavy atom. The number of carbonyl (C=O) groups excluding carboxylic acids is 2. The number of anilines is 2. The van der Waals surface area contributed by atoms with Crippen LogP contribution in [0.1, 0.15) is 5.56 Å². The Labute approximate surface area is 198 Å². The van der Waals surface area contributed by atoms with Gasteiger partial charge in [0, 0.05) is 15.8 Å². The van der Waals surface area contributed by atoms with E-state index in [1.54, 1.807) is 36.4 Å². The number of benzene rings is 3. The van der Waals surface area contributed by atoms with Gasteiger partial charge in [-0.15, -0.1) is 0 Å². The second kappa shape index (κ2) is 9.86. The lowest BCUT2D eigenvalue weighted by atomic mass is 10.1. The molecule has 3 aromatic carbocycles. The number of carbonyl (C=O) groups is 2. The smallest absolute Gasteiger partial charge is 0.269 e. The van der Waals surface area contributed by atoms with Gasteiger partial charge in [0.15, 0.2) is 0 Å². The van der Waals surface area contributed by atoms with Gasteiger partial charge in [0.1, 0.15) is 16.7 Å². The number of rotatable bonds is 5. The lowest BCUT2D eigenvalue weighted by molar-refractivity contribution is -0.117. The standard InChI is InChI=1S/C25H18BrN3O2S/c26-18-11-13-19(14-12-18)28-23(30)21(16-27)25-29(20-9-5-2-6-10-20)24(31)22(32-25)15-17-7-3-1-4-8-17/h1-14,22H,15H2,(H,28,30). The van der Waals surface area contributed by atoms with Crippen LogP contribution in [-0.2, 0) is 16.0 Å². The summed E-state index contributed by atoms with van der Waals surface area (Å²) in [4.78, 5) is 27.9. The van der Waals surface area contributed by atoms with Crippen LogP contribution in [-0.4, -0.2) is 17.1 Å². The van der Waals surface area contributed by atoms with Gasteiger partial charge in [-0.3, -0.25) is 14.5 Å². The molecule has 1 heterocycles. The Balaban J connectivity index is 1.70. The predicted octanol–water partition coefficient (Wildman–Crippen LogP) is 5.51. The summed E-state index contributed by atoms with van der Waals surface area (Å²) in [5, 5.41) is 12.5. The first-order valence-corrected chi connectivity index (χ1v) is 11.5. The molecule has 1 aliphatic rings. The van der Waals surface area contributed by atoms with Gasteiger partial charge < -0.3 is 5.32 Å². The van der Waals surface area contributed by atoms with Crippen LogP contribution in [0.5, 0.6) is 0 Å². The summed E-state index contributed by atoms with van der Waals surface area (Å²) in [6.07, 6.45) is 0.504. The second-order valence-electron chi connectivity index (χ2n) is 7.06. The highest BCUT2D eigenvalue weighted by atomic mass is 79.9. The number of hydrogen-bond donors (Lipinski definition) is 1. The van der Waals surface area contributed by atoms with E-state index in [-0.39, 0.29) is 11.5 Å². The molecule has 1 aliphatic heterocycles. The average molecular weight is 504 g/mol. The Morgan fingerprint density at radius 2 is 1.62 bits per heavy atom. The molecule has 1 atom stereocenters. The van der Waals surface area contributed by atoms with Crippen LogP contribution in [0.4, 0.5) is 11.4 Å². The van der Waals surface area contributed by atoms with Crippen molar-refractivity contribution in [3.63, 3.8) is 0 Å². The molecule has 1 saturated heterocycles. The normalized spacial score (nSPS) is 17.1. The number of hydrogen-bond acceptors (Lipinski definition) is 4. The highest BCUT2D eigenvalue weighted by Crippen LogP contribution is 2.42. The number of nitrogens with zero attached hydrogens (tertiary/aromatic N) is 2. The van der Waals surface area contributed by atoms with Crippen molar-refractivity contribution in [1.82, 2.24) is 0 Å². The average Bonchev–Trinajstić information content (AvgIpc) is 3.12. The molecule has 0 radical (unpaired) electrons. The molecule has 158 valence electrons. The zero-order valence-electron chi connectivity index (χ0n) is 16.9. The maximum Gasteiger partial charge on any atom is 0.269 e. The van der Waals surface area contributed by atoms with E-state index in [9.17, 15) is 14.9 Å². The SMILES string of the molecule is N#CC(C(=O)Nc1ccc(Br)cc1)=C1SC(Cc2ccccc2)C(=O)N1c1ccccc1. The summed E-state index contributed by atoms with van der Waals surface area (Å²) in [5.41, 5.74) is 2.11. The molecule has 1 fully saturated rings. The highest BCUT2D eigenvalue weighted by Gasteiger charge is 2.40. The maximum atomic E-state index is 13.4. The molecule has 0 saturated carbocycles. The van der Waals surface area contributed by atoms with Crippen molar-refractivity contribution < 1.29 is 9.59 Å². The quantitative estimate of drug-likeness (QED) is 0.367. The van der Waals surface area contributed by atoms with Gasteiger partial charge in [-0.2, -0.15) is 5.26 Å². The minimum atomic E-state index is -0.550. The van der Waals surface area contributed by atoms with Crippen LogP contribution in [0.25, 0.3) is 0 Å². The van der Waals surface area contributed by atoms with E-state index in [1.807, 2.05) is 54.6 Å². The Hall–Kier alpha value is -3.34. The first-order chi connectivity index (χ1) is 15.6. The number of amides is 2. The first-order valence-electron chi connectivity index (χ1n) is 9.87. The maximum absolute atomic E-state index is 13.4. The van der Waals surface area contributed by atoms with E-state index in [0.29, 0.717) is 22.8 Å². The molecule has 5 nitrogen and oxygen atoms in total. The third-order valence-electron chi connectivity index (χ3n) is 4.89. The zero-order chi connectivity index (χ0) is 22.5. The van der Waals surface area contributed by atoms with Gasteiger partial charge in [-0.05, 0) is 48.4 Å². The molecular formula is C25H18BrN3O2S. The van der Waals surface area contributed by atoms with Gasteiger partial charge in [0.05, 0.1) is 5.25 Å². The van der Waals surface area contributed by atoms with E-state index in [1.165, 1.54) is 16.7 Å². The van der Waals surface area contributed by atoms with Crippen molar-refractivity contribution in [2.75, 3.05) is 10.2 Å². The Kier molecular flexibility index (Phi) is 6.74.